The number of benzene rings is 3. The van der Waals surface area contributed by atoms with Crippen molar-refractivity contribution in [2.75, 3.05) is 6.61 Å². The predicted octanol–water partition coefficient (Wildman–Crippen LogP) is 7.55. The Hall–Kier alpha value is -3.40. The average Bonchev–Trinajstić information content (AvgIpc) is 3.27. The number of carbonyl (C=O) groups is 2. The predicted molar refractivity (Wildman–Crippen MR) is 150 cm³/mol. The molecule has 2 aliphatic heterocycles. The lowest BCUT2D eigenvalue weighted by atomic mass is 9.76. The van der Waals surface area contributed by atoms with Gasteiger partial charge in [-0.1, -0.05) is 78.9 Å². The van der Waals surface area contributed by atoms with Crippen LogP contribution in [0.2, 0.25) is 0 Å². The zero-order valence-electron chi connectivity index (χ0n) is 22.1. The second-order valence-electron chi connectivity index (χ2n) is 11.3. The summed E-state index contributed by atoms with van der Waals surface area (Å²) in [6.45, 7) is 0.354. The Balaban J connectivity index is 1.04. The molecule has 1 aliphatic carbocycles. The Bertz CT molecular complexity index is 1230. The topological polar surface area (TPSA) is 46.6 Å². The van der Waals surface area contributed by atoms with Gasteiger partial charge in [0.2, 0.25) is 0 Å². The van der Waals surface area contributed by atoms with E-state index in [2.05, 4.69) is 72.8 Å². The fourth-order valence-corrected chi connectivity index (χ4v) is 7.09. The molecule has 4 nitrogen and oxygen atoms in total. The Morgan fingerprint density at radius 2 is 1.37 bits per heavy atom. The summed E-state index contributed by atoms with van der Waals surface area (Å²) in [7, 11) is 0. The lowest BCUT2D eigenvalue weighted by molar-refractivity contribution is -0.126. The van der Waals surface area contributed by atoms with Gasteiger partial charge in [0.05, 0.1) is 0 Å². The number of Topliss-reactive ketones (excluding diaryl/α,β-unsaturated/α-hetero) is 1. The Morgan fingerprint density at radius 1 is 0.763 bits per heavy atom. The summed E-state index contributed by atoms with van der Waals surface area (Å²) in [5.74, 6) is 0.544. The van der Waals surface area contributed by atoms with Gasteiger partial charge >= 0.3 is 6.09 Å². The highest BCUT2D eigenvalue weighted by atomic mass is 16.6. The number of ether oxygens (including phenoxy) is 1. The molecule has 3 aromatic rings. The fraction of sp³-hybridized carbons (Fsp3) is 0.412. The first kappa shape index (κ1) is 24.9. The number of hydrogen-bond acceptors (Lipinski definition) is 3. The fourth-order valence-electron chi connectivity index (χ4n) is 7.09. The summed E-state index contributed by atoms with van der Waals surface area (Å²) in [6, 6.07) is 27.6. The standard InChI is InChI=1S/C34H37NO3/c36-33(20-9-4-13-24-11-2-1-3-12-24)25-21-26-14-10-15-27(22-25)35(26)34(37)38-23-32-30-18-7-5-16-28(30)29-17-6-8-19-31(29)32/h1-3,5-8,11-12,16-19,25-27,32H,4,9-10,13-15,20-23H2. The van der Waals surface area contributed by atoms with Gasteiger partial charge in [-0.2, -0.15) is 0 Å². The van der Waals surface area contributed by atoms with Gasteiger partial charge in [-0.05, 0) is 79.2 Å². The largest absolute Gasteiger partial charge is 0.448 e. The molecule has 0 spiro atoms. The van der Waals surface area contributed by atoms with Crippen LogP contribution in [0.1, 0.15) is 74.0 Å². The van der Waals surface area contributed by atoms with Crippen LogP contribution < -0.4 is 0 Å². The van der Waals surface area contributed by atoms with Crippen molar-refractivity contribution in [2.45, 2.75) is 75.8 Å². The van der Waals surface area contributed by atoms with E-state index in [0.717, 1.165) is 51.4 Å². The first-order chi connectivity index (χ1) is 18.7. The van der Waals surface area contributed by atoms with Crippen molar-refractivity contribution < 1.29 is 14.3 Å². The molecule has 38 heavy (non-hydrogen) atoms. The summed E-state index contributed by atoms with van der Waals surface area (Å²) in [4.78, 5) is 28.5. The van der Waals surface area contributed by atoms with Crippen molar-refractivity contribution in [2.24, 2.45) is 5.92 Å². The SMILES string of the molecule is O=C(CCCCc1ccccc1)C1CC2CCCC(C1)N2C(=O)OCC1c2ccccc2-c2ccccc21. The van der Waals surface area contributed by atoms with Gasteiger partial charge in [0.25, 0.3) is 0 Å². The molecule has 3 aromatic carbocycles. The number of ketones is 1. The van der Waals surface area contributed by atoms with Crippen LogP contribution in [-0.4, -0.2) is 35.5 Å². The van der Waals surface area contributed by atoms with Crippen LogP contribution in [0.15, 0.2) is 78.9 Å². The van der Waals surface area contributed by atoms with Gasteiger partial charge in [0.1, 0.15) is 12.4 Å². The van der Waals surface area contributed by atoms with Crippen LogP contribution in [0, 0.1) is 5.92 Å². The summed E-state index contributed by atoms with van der Waals surface area (Å²) >= 11 is 0. The van der Waals surface area contributed by atoms with Gasteiger partial charge in [-0.25, -0.2) is 4.79 Å². The molecule has 0 radical (unpaired) electrons. The number of hydrogen-bond donors (Lipinski definition) is 0. The summed E-state index contributed by atoms with van der Waals surface area (Å²) in [5.41, 5.74) is 6.29. The van der Waals surface area contributed by atoms with E-state index in [1.54, 1.807) is 0 Å². The smallest absolute Gasteiger partial charge is 0.410 e. The highest BCUT2D eigenvalue weighted by Crippen LogP contribution is 2.45. The molecule has 2 fully saturated rings. The van der Waals surface area contributed by atoms with Crippen LogP contribution in [0.5, 0.6) is 0 Å². The van der Waals surface area contributed by atoms with Gasteiger partial charge in [-0.15, -0.1) is 0 Å². The van der Waals surface area contributed by atoms with E-state index >= 15 is 0 Å². The van der Waals surface area contributed by atoms with E-state index in [1.807, 2.05) is 11.0 Å². The molecular formula is C34H37NO3. The lowest BCUT2D eigenvalue weighted by Gasteiger charge is -2.47. The maximum absolute atomic E-state index is 13.4. The van der Waals surface area contributed by atoms with E-state index in [-0.39, 0.29) is 30.0 Å². The molecule has 2 atom stereocenters. The van der Waals surface area contributed by atoms with Crippen LogP contribution in [0.4, 0.5) is 4.79 Å². The van der Waals surface area contributed by atoms with E-state index in [9.17, 15) is 9.59 Å². The zero-order chi connectivity index (χ0) is 25.9. The maximum atomic E-state index is 13.4. The Kier molecular flexibility index (Phi) is 7.31. The lowest BCUT2D eigenvalue weighted by Crippen LogP contribution is -2.55. The number of aryl methyl sites for hydroxylation is 1. The summed E-state index contributed by atoms with van der Waals surface area (Å²) < 4.78 is 6.03. The highest BCUT2D eigenvalue weighted by molar-refractivity contribution is 5.82. The van der Waals surface area contributed by atoms with E-state index in [4.69, 9.17) is 4.74 Å². The van der Waals surface area contributed by atoms with Crippen molar-refractivity contribution in [1.29, 1.82) is 0 Å². The third-order valence-corrected chi connectivity index (χ3v) is 8.96. The average molecular weight is 508 g/mol. The molecule has 3 aliphatic rings. The maximum Gasteiger partial charge on any atom is 0.410 e. The molecule has 2 heterocycles. The molecule has 0 aromatic heterocycles. The molecule has 0 saturated carbocycles. The van der Waals surface area contributed by atoms with E-state index in [0.29, 0.717) is 18.8 Å². The minimum absolute atomic E-state index is 0.0705. The molecule has 2 saturated heterocycles. The number of piperidine rings is 2. The van der Waals surface area contributed by atoms with Crippen LogP contribution in [-0.2, 0) is 16.0 Å². The second-order valence-corrected chi connectivity index (χ2v) is 11.3. The van der Waals surface area contributed by atoms with Crippen LogP contribution in [0.3, 0.4) is 0 Å². The minimum Gasteiger partial charge on any atom is -0.448 e. The van der Waals surface area contributed by atoms with Crippen molar-refractivity contribution >= 4 is 11.9 Å². The first-order valence-corrected chi connectivity index (χ1v) is 14.4. The van der Waals surface area contributed by atoms with Crippen molar-refractivity contribution in [1.82, 2.24) is 4.90 Å². The van der Waals surface area contributed by atoms with Crippen LogP contribution >= 0.6 is 0 Å². The minimum atomic E-state index is -0.199. The van der Waals surface area contributed by atoms with Gasteiger partial charge in [0.15, 0.2) is 0 Å². The van der Waals surface area contributed by atoms with Gasteiger partial charge in [-0.3, -0.25) is 4.79 Å². The number of carbonyl (C=O) groups excluding carboxylic acids is 2. The zero-order valence-corrected chi connectivity index (χ0v) is 22.1. The molecule has 4 heteroatoms. The highest BCUT2D eigenvalue weighted by Gasteiger charge is 2.43. The summed E-state index contributed by atoms with van der Waals surface area (Å²) in [6.07, 6.45) is 8.11. The van der Waals surface area contributed by atoms with Crippen molar-refractivity contribution in [3.8, 4) is 11.1 Å². The number of amides is 1. The number of nitrogens with zero attached hydrogens (tertiary/aromatic N) is 1. The van der Waals surface area contributed by atoms with Crippen LogP contribution in [0.25, 0.3) is 11.1 Å². The molecular weight excluding hydrogens is 470 g/mol. The van der Waals surface area contributed by atoms with Crippen molar-refractivity contribution in [3.05, 3.63) is 95.6 Å². The molecule has 2 unspecified atom stereocenters. The molecule has 2 bridgehead atoms. The quantitative estimate of drug-likeness (QED) is 0.296. The molecule has 196 valence electrons. The summed E-state index contributed by atoms with van der Waals surface area (Å²) in [5, 5.41) is 0. The third-order valence-electron chi connectivity index (χ3n) is 8.96. The molecule has 0 N–H and O–H groups in total. The first-order valence-electron chi connectivity index (χ1n) is 14.4. The Morgan fingerprint density at radius 3 is 2.03 bits per heavy atom. The number of fused-ring (bicyclic) bond motifs is 5. The molecule has 6 rings (SSSR count). The van der Waals surface area contributed by atoms with Gasteiger partial charge in [0, 0.05) is 30.3 Å². The van der Waals surface area contributed by atoms with Gasteiger partial charge < -0.3 is 9.64 Å². The second kappa shape index (κ2) is 11.1. The van der Waals surface area contributed by atoms with E-state index < -0.39 is 0 Å². The Labute approximate surface area is 226 Å². The number of unbranched alkanes of at least 4 members (excludes halogenated alkanes) is 1. The molecule has 1 amide bonds. The third kappa shape index (κ3) is 5.01. The van der Waals surface area contributed by atoms with E-state index in [1.165, 1.54) is 27.8 Å². The monoisotopic (exact) mass is 507 g/mol. The van der Waals surface area contributed by atoms with Crippen molar-refractivity contribution in [3.63, 3.8) is 0 Å². The number of rotatable bonds is 8. The normalized spacial score (nSPS) is 22.0.